The predicted molar refractivity (Wildman–Crippen MR) is 115 cm³/mol. The maximum Gasteiger partial charge on any atom is 0.251 e. The van der Waals surface area contributed by atoms with Gasteiger partial charge in [-0.25, -0.2) is 23.4 Å². The van der Waals surface area contributed by atoms with E-state index in [1.54, 1.807) is 6.20 Å². The molecule has 0 spiro atoms. The average molecular weight is 438 g/mol. The quantitative estimate of drug-likeness (QED) is 0.672. The van der Waals surface area contributed by atoms with Crippen LogP contribution in [0.4, 0.5) is 14.6 Å². The van der Waals surface area contributed by atoms with Crippen LogP contribution in [0, 0.1) is 0 Å². The monoisotopic (exact) mass is 438 g/mol. The maximum atomic E-state index is 13.0. The molecule has 0 radical (unpaired) electrons. The van der Waals surface area contributed by atoms with Crippen molar-refractivity contribution >= 4 is 5.82 Å². The second-order valence-electron chi connectivity index (χ2n) is 8.86. The van der Waals surface area contributed by atoms with Crippen molar-refractivity contribution in [2.24, 2.45) is 0 Å². The number of anilines is 1. The SMILES string of the molecule is FC1(F)CC(NC2CCN(c3ccc(-n4cc5c(n4)-c4cccnc4OC5)cn3)CC2)C1. The van der Waals surface area contributed by atoms with E-state index in [1.165, 1.54) is 0 Å². The molecule has 7 nitrogen and oxygen atoms in total. The first-order valence-corrected chi connectivity index (χ1v) is 11.1. The van der Waals surface area contributed by atoms with E-state index in [0.717, 1.165) is 54.3 Å². The molecule has 0 bridgehead atoms. The third-order valence-electron chi connectivity index (χ3n) is 6.56. The molecular formula is C23H24F2N6O. The molecule has 1 N–H and O–H groups in total. The number of hydrogen-bond acceptors (Lipinski definition) is 6. The summed E-state index contributed by atoms with van der Waals surface area (Å²) in [6, 6.07) is 8.16. The van der Waals surface area contributed by atoms with Crippen LogP contribution in [-0.2, 0) is 6.61 Å². The summed E-state index contributed by atoms with van der Waals surface area (Å²) in [5.41, 5.74) is 3.70. The van der Waals surface area contributed by atoms with Crippen LogP contribution in [0.5, 0.6) is 5.88 Å². The first kappa shape index (κ1) is 19.6. The van der Waals surface area contributed by atoms with Crippen molar-refractivity contribution in [3.05, 3.63) is 48.4 Å². The number of alkyl halides is 2. The smallest absolute Gasteiger partial charge is 0.251 e. The van der Waals surface area contributed by atoms with Gasteiger partial charge in [-0.3, -0.25) is 0 Å². The lowest BCUT2D eigenvalue weighted by Gasteiger charge is -2.40. The lowest BCUT2D eigenvalue weighted by atomic mass is 9.87. The second kappa shape index (κ2) is 7.51. The zero-order valence-corrected chi connectivity index (χ0v) is 17.5. The zero-order chi connectivity index (χ0) is 21.7. The summed E-state index contributed by atoms with van der Waals surface area (Å²) in [4.78, 5) is 11.2. The molecular weight excluding hydrogens is 414 g/mol. The third-order valence-corrected chi connectivity index (χ3v) is 6.56. The van der Waals surface area contributed by atoms with Gasteiger partial charge < -0.3 is 15.0 Å². The van der Waals surface area contributed by atoms with E-state index in [2.05, 4.69) is 20.2 Å². The Kier molecular flexibility index (Phi) is 4.60. The van der Waals surface area contributed by atoms with Crippen molar-refractivity contribution < 1.29 is 13.5 Å². The van der Waals surface area contributed by atoms with Gasteiger partial charge in [0.15, 0.2) is 0 Å². The van der Waals surface area contributed by atoms with Crippen molar-refractivity contribution in [1.82, 2.24) is 25.1 Å². The van der Waals surface area contributed by atoms with Crippen LogP contribution in [0.25, 0.3) is 16.9 Å². The van der Waals surface area contributed by atoms with Crippen LogP contribution in [0.15, 0.2) is 42.9 Å². The van der Waals surface area contributed by atoms with Crippen molar-refractivity contribution in [3.8, 4) is 22.8 Å². The Morgan fingerprint density at radius 1 is 1.06 bits per heavy atom. The molecule has 1 saturated heterocycles. The maximum absolute atomic E-state index is 13.0. The van der Waals surface area contributed by atoms with Gasteiger partial charge in [0, 0.05) is 56.0 Å². The van der Waals surface area contributed by atoms with Crippen molar-refractivity contribution in [2.75, 3.05) is 18.0 Å². The molecule has 166 valence electrons. The van der Waals surface area contributed by atoms with Crippen LogP contribution in [-0.4, -0.2) is 50.8 Å². The van der Waals surface area contributed by atoms with Gasteiger partial charge >= 0.3 is 0 Å². The number of nitrogens with one attached hydrogen (secondary N) is 1. The van der Waals surface area contributed by atoms with Gasteiger partial charge in [-0.05, 0) is 37.1 Å². The number of fused-ring (bicyclic) bond motifs is 3. The Hall–Kier alpha value is -3.07. The molecule has 3 aromatic heterocycles. The Morgan fingerprint density at radius 3 is 2.66 bits per heavy atom. The van der Waals surface area contributed by atoms with Crippen LogP contribution < -0.4 is 15.0 Å². The number of rotatable bonds is 4. The van der Waals surface area contributed by atoms with Crippen molar-refractivity contribution in [3.63, 3.8) is 0 Å². The molecule has 3 aliphatic rings. The van der Waals surface area contributed by atoms with Crippen LogP contribution in [0.1, 0.15) is 31.2 Å². The molecule has 9 heteroatoms. The molecule has 0 aromatic carbocycles. The Morgan fingerprint density at radius 2 is 1.91 bits per heavy atom. The normalized spacial score (nSPS) is 20.2. The molecule has 0 amide bonds. The lowest BCUT2D eigenvalue weighted by molar-refractivity contribution is -0.0951. The predicted octanol–water partition coefficient (Wildman–Crippen LogP) is 3.58. The molecule has 0 unspecified atom stereocenters. The number of nitrogens with zero attached hydrogens (tertiary/aromatic N) is 5. The molecule has 6 rings (SSSR count). The summed E-state index contributed by atoms with van der Waals surface area (Å²) in [5.74, 6) is -0.926. The average Bonchev–Trinajstić information content (AvgIpc) is 3.24. The van der Waals surface area contributed by atoms with Crippen molar-refractivity contribution in [2.45, 2.75) is 50.3 Å². The first-order chi connectivity index (χ1) is 15.5. The summed E-state index contributed by atoms with van der Waals surface area (Å²) in [5, 5.41) is 8.14. The topological polar surface area (TPSA) is 68.1 Å². The van der Waals surface area contributed by atoms with Crippen molar-refractivity contribution in [1.29, 1.82) is 0 Å². The van der Waals surface area contributed by atoms with Gasteiger partial charge in [0.1, 0.15) is 18.1 Å². The van der Waals surface area contributed by atoms with Crippen LogP contribution >= 0.6 is 0 Å². The summed E-state index contributed by atoms with van der Waals surface area (Å²) in [6.07, 6.45) is 7.34. The van der Waals surface area contributed by atoms with E-state index in [9.17, 15) is 8.78 Å². The Balaban J connectivity index is 1.11. The summed E-state index contributed by atoms with van der Waals surface area (Å²) >= 11 is 0. The molecule has 2 fully saturated rings. The molecule has 0 atom stereocenters. The minimum atomic E-state index is -2.47. The minimum Gasteiger partial charge on any atom is -0.472 e. The molecule has 1 aliphatic carbocycles. The summed E-state index contributed by atoms with van der Waals surface area (Å²) in [6.45, 7) is 2.18. The Labute approximate surface area is 184 Å². The van der Waals surface area contributed by atoms with Gasteiger partial charge in [-0.2, -0.15) is 5.10 Å². The fourth-order valence-corrected chi connectivity index (χ4v) is 4.79. The second-order valence-corrected chi connectivity index (χ2v) is 8.86. The van der Waals surface area contributed by atoms with E-state index in [4.69, 9.17) is 9.84 Å². The summed E-state index contributed by atoms with van der Waals surface area (Å²) < 4.78 is 33.6. The van der Waals surface area contributed by atoms with Crippen LogP contribution in [0.3, 0.4) is 0 Å². The van der Waals surface area contributed by atoms with E-state index in [0.29, 0.717) is 18.5 Å². The fraction of sp³-hybridized carbons (Fsp3) is 0.435. The van der Waals surface area contributed by atoms with Gasteiger partial charge in [-0.15, -0.1) is 0 Å². The molecule has 5 heterocycles. The number of pyridine rings is 2. The minimum absolute atomic E-state index is 0.0265. The number of piperidine rings is 1. The lowest BCUT2D eigenvalue weighted by Crippen LogP contribution is -2.54. The molecule has 1 saturated carbocycles. The van der Waals surface area contributed by atoms with E-state index in [-0.39, 0.29) is 18.9 Å². The number of hydrogen-bond donors (Lipinski definition) is 1. The van der Waals surface area contributed by atoms with Gasteiger partial charge in [0.25, 0.3) is 5.92 Å². The number of ether oxygens (including phenoxy) is 1. The number of aromatic nitrogens is 4. The highest BCUT2D eigenvalue weighted by molar-refractivity contribution is 5.69. The largest absolute Gasteiger partial charge is 0.472 e. The number of halogens is 2. The molecule has 2 aliphatic heterocycles. The standard InChI is InChI=1S/C23H24F2N6O/c24-23(25)10-17(11-23)28-16-5-8-30(9-6-16)20-4-3-18(12-27-20)31-13-15-14-32-22-19(21(15)29-31)2-1-7-26-22/h1-4,7,12-13,16-17,28H,5-6,8-11,14H2. The van der Waals surface area contributed by atoms with E-state index < -0.39 is 5.92 Å². The highest BCUT2D eigenvalue weighted by atomic mass is 19.3. The highest BCUT2D eigenvalue weighted by Crippen LogP contribution is 2.38. The molecule has 3 aromatic rings. The van der Waals surface area contributed by atoms with E-state index in [1.807, 2.05) is 41.3 Å². The zero-order valence-electron chi connectivity index (χ0n) is 17.5. The third kappa shape index (κ3) is 3.60. The van der Waals surface area contributed by atoms with Gasteiger partial charge in [0.05, 0.1) is 17.4 Å². The summed E-state index contributed by atoms with van der Waals surface area (Å²) in [7, 11) is 0. The first-order valence-electron chi connectivity index (χ1n) is 11.1. The fourth-order valence-electron chi connectivity index (χ4n) is 4.79. The van der Waals surface area contributed by atoms with Crippen LogP contribution in [0.2, 0.25) is 0 Å². The van der Waals surface area contributed by atoms with Gasteiger partial charge in [-0.1, -0.05) is 0 Å². The Bertz CT molecular complexity index is 1120. The van der Waals surface area contributed by atoms with Gasteiger partial charge in [0.2, 0.25) is 5.88 Å². The molecule has 32 heavy (non-hydrogen) atoms. The van der Waals surface area contributed by atoms with E-state index >= 15 is 0 Å². The highest BCUT2D eigenvalue weighted by Gasteiger charge is 2.45.